The molecule has 0 N–H and O–H groups in total. The monoisotopic (exact) mass is 289 g/mol. The zero-order valence-corrected chi connectivity index (χ0v) is 14.0. The van der Waals surface area contributed by atoms with Crippen molar-refractivity contribution in [1.82, 2.24) is 0 Å². The Labute approximate surface area is 126 Å². The normalized spacial score (nSPS) is 10.8. The average molecular weight is 289 g/mol. The number of hydrogen-bond donors (Lipinski definition) is 0. The fourth-order valence-electron chi connectivity index (χ4n) is 2.53. The maximum Gasteiger partial charge on any atom is 0.269 e. The molecule has 0 saturated carbocycles. The topological polar surface area (TPSA) is 7.12 Å². The Morgan fingerprint density at radius 1 is 1.10 bits per heavy atom. The van der Waals surface area contributed by atoms with Gasteiger partial charge in [0.2, 0.25) is 0 Å². The van der Waals surface area contributed by atoms with Crippen LogP contribution >= 0.6 is 11.3 Å². The van der Waals surface area contributed by atoms with Gasteiger partial charge in [0.15, 0.2) is 5.69 Å². The standard InChI is InChI=1S/C17H25N2S/c1-6-8-15-16(7-2)20-17(19(15)5)13-9-11-14(12-10-13)18(3)4/h9-12H,6-8H2,1-5H3/q+1. The van der Waals surface area contributed by atoms with E-state index >= 15 is 0 Å². The van der Waals surface area contributed by atoms with E-state index in [4.69, 9.17) is 0 Å². The summed E-state index contributed by atoms with van der Waals surface area (Å²) in [5, 5.41) is 1.37. The molecule has 108 valence electrons. The second-order valence-electron chi connectivity index (χ2n) is 5.38. The molecule has 20 heavy (non-hydrogen) atoms. The summed E-state index contributed by atoms with van der Waals surface area (Å²) in [7, 11) is 6.36. The minimum atomic E-state index is 1.13. The van der Waals surface area contributed by atoms with Crippen LogP contribution in [0.1, 0.15) is 30.8 Å². The number of aryl methyl sites for hydroxylation is 1. The van der Waals surface area contributed by atoms with Crippen molar-refractivity contribution >= 4 is 17.0 Å². The van der Waals surface area contributed by atoms with Crippen molar-refractivity contribution in [2.24, 2.45) is 7.05 Å². The van der Waals surface area contributed by atoms with E-state index in [2.05, 4.69) is 68.7 Å². The second kappa shape index (κ2) is 6.40. The Hall–Kier alpha value is -1.35. The fourth-order valence-corrected chi connectivity index (χ4v) is 3.76. The number of nitrogens with zero attached hydrogens (tertiary/aromatic N) is 2. The van der Waals surface area contributed by atoms with Crippen molar-refractivity contribution in [3.05, 3.63) is 34.8 Å². The molecular formula is C17H25N2S+. The number of thiazole rings is 1. The lowest BCUT2D eigenvalue weighted by Crippen LogP contribution is -2.33. The van der Waals surface area contributed by atoms with Gasteiger partial charge in [0, 0.05) is 26.2 Å². The third kappa shape index (κ3) is 2.88. The summed E-state index contributed by atoms with van der Waals surface area (Å²) in [6.07, 6.45) is 3.51. The zero-order valence-electron chi connectivity index (χ0n) is 13.2. The molecule has 0 bridgehead atoms. The van der Waals surface area contributed by atoms with Crippen molar-refractivity contribution in [1.29, 1.82) is 0 Å². The van der Waals surface area contributed by atoms with Crippen molar-refractivity contribution in [3.8, 4) is 10.6 Å². The van der Waals surface area contributed by atoms with Crippen molar-refractivity contribution in [3.63, 3.8) is 0 Å². The van der Waals surface area contributed by atoms with E-state index in [1.807, 2.05) is 11.3 Å². The molecule has 0 aliphatic heterocycles. The summed E-state index contributed by atoms with van der Waals surface area (Å²) in [5.74, 6) is 0. The van der Waals surface area contributed by atoms with Crippen LogP contribution in [0.3, 0.4) is 0 Å². The van der Waals surface area contributed by atoms with Gasteiger partial charge in [-0.05, 0) is 37.1 Å². The Balaban J connectivity index is 2.42. The van der Waals surface area contributed by atoms with E-state index in [1.54, 1.807) is 0 Å². The molecule has 1 aromatic carbocycles. The van der Waals surface area contributed by atoms with Gasteiger partial charge in [-0.1, -0.05) is 25.2 Å². The summed E-state index contributed by atoms with van der Waals surface area (Å²) < 4.78 is 2.39. The molecule has 0 unspecified atom stereocenters. The van der Waals surface area contributed by atoms with Gasteiger partial charge in [-0.3, -0.25) is 0 Å². The molecule has 1 aromatic heterocycles. The van der Waals surface area contributed by atoms with E-state index in [0.717, 1.165) is 6.42 Å². The van der Waals surface area contributed by atoms with Crippen molar-refractivity contribution in [2.45, 2.75) is 33.1 Å². The third-order valence-corrected chi connectivity index (χ3v) is 5.16. The van der Waals surface area contributed by atoms with Crippen LogP contribution in [-0.2, 0) is 19.9 Å². The van der Waals surface area contributed by atoms with Crippen LogP contribution in [0.2, 0.25) is 0 Å². The molecule has 1 heterocycles. The van der Waals surface area contributed by atoms with E-state index in [9.17, 15) is 0 Å². The minimum absolute atomic E-state index is 1.13. The molecule has 0 aliphatic carbocycles. The van der Waals surface area contributed by atoms with E-state index < -0.39 is 0 Å². The summed E-state index contributed by atoms with van der Waals surface area (Å²) in [4.78, 5) is 3.67. The number of anilines is 1. The molecule has 0 radical (unpaired) electrons. The molecule has 0 fully saturated rings. The second-order valence-corrected chi connectivity index (χ2v) is 6.46. The smallest absolute Gasteiger partial charge is 0.269 e. The van der Waals surface area contributed by atoms with Crippen LogP contribution in [-0.4, -0.2) is 14.1 Å². The van der Waals surface area contributed by atoms with E-state index in [0.29, 0.717) is 0 Å². The number of hydrogen-bond acceptors (Lipinski definition) is 2. The Morgan fingerprint density at radius 2 is 1.75 bits per heavy atom. The maximum atomic E-state index is 2.39. The van der Waals surface area contributed by atoms with Gasteiger partial charge in [-0.2, -0.15) is 4.57 Å². The van der Waals surface area contributed by atoms with Crippen LogP contribution in [0.25, 0.3) is 10.6 Å². The maximum absolute atomic E-state index is 2.39. The van der Waals surface area contributed by atoms with Crippen molar-refractivity contribution in [2.75, 3.05) is 19.0 Å². The molecule has 2 nitrogen and oxygen atoms in total. The molecule has 2 rings (SSSR count). The number of aromatic nitrogens is 1. The first-order valence-electron chi connectivity index (χ1n) is 7.36. The Kier molecular flexibility index (Phi) is 4.81. The van der Waals surface area contributed by atoms with Crippen molar-refractivity contribution < 1.29 is 4.57 Å². The lowest BCUT2D eigenvalue weighted by atomic mass is 10.2. The zero-order chi connectivity index (χ0) is 14.7. The predicted octanol–water partition coefficient (Wildman–Crippen LogP) is 3.82. The first kappa shape index (κ1) is 15.0. The summed E-state index contributed by atoms with van der Waals surface area (Å²) in [6, 6.07) is 8.85. The lowest BCUT2D eigenvalue weighted by Gasteiger charge is -2.11. The molecular weight excluding hydrogens is 264 g/mol. The summed E-state index contributed by atoms with van der Waals surface area (Å²) in [6.45, 7) is 4.51. The molecule has 2 aromatic rings. The molecule has 3 heteroatoms. The number of benzene rings is 1. The Morgan fingerprint density at radius 3 is 2.25 bits per heavy atom. The fraction of sp³-hybridized carbons (Fsp3) is 0.471. The minimum Gasteiger partial charge on any atom is -0.378 e. The molecule has 0 saturated heterocycles. The highest BCUT2D eigenvalue weighted by molar-refractivity contribution is 7.14. The highest BCUT2D eigenvalue weighted by Gasteiger charge is 2.22. The highest BCUT2D eigenvalue weighted by atomic mass is 32.1. The van der Waals surface area contributed by atoms with E-state index in [1.165, 1.54) is 39.7 Å². The van der Waals surface area contributed by atoms with Gasteiger partial charge in [-0.25, -0.2) is 0 Å². The number of rotatable bonds is 5. The van der Waals surface area contributed by atoms with Crippen LogP contribution in [0, 0.1) is 0 Å². The average Bonchev–Trinajstić information content (AvgIpc) is 2.76. The first-order valence-corrected chi connectivity index (χ1v) is 8.18. The van der Waals surface area contributed by atoms with Gasteiger partial charge >= 0.3 is 0 Å². The summed E-state index contributed by atoms with van der Waals surface area (Å²) >= 11 is 1.94. The largest absolute Gasteiger partial charge is 0.378 e. The predicted molar refractivity (Wildman–Crippen MR) is 88.6 cm³/mol. The van der Waals surface area contributed by atoms with Gasteiger partial charge in [-0.15, -0.1) is 0 Å². The first-order chi connectivity index (χ1) is 9.58. The lowest BCUT2D eigenvalue weighted by molar-refractivity contribution is -0.664. The van der Waals surface area contributed by atoms with Gasteiger partial charge in [0.05, 0.1) is 10.4 Å². The van der Waals surface area contributed by atoms with Gasteiger partial charge in [0.1, 0.15) is 7.05 Å². The molecule has 0 aliphatic rings. The third-order valence-electron chi connectivity index (χ3n) is 3.69. The Bertz CT molecular complexity index is 567. The molecule has 0 amide bonds. The molecule has 0 spiro atoms. The van der Waals surface area contributed by atoms with Crippen LogP contribution in [0.4, 0.5) is 5.69 Å². The van der Waals surface area contributed by atoms with Gasteiger partial charge < -0.3 is 4.90 Å². The summed E-state index contributed by atoms with van der Waals surface area (Å²) in [5.41, 5.74) is 4.07. The SMILES string of the molecule is CCCc1c(CC)sc(-c2ccc(N(C)C)cc2)[n+]1C. The van der Waals surface area contributed by atoms with Gasteiger partial charge in [0.25, 0.3) is 5.01 Å². The highest BCUT2D eigenvalue weighted by Crippen LogP contribution is 2.28. The quantitative estimate of drug-likeness (QED) is 0.759. The molecule has 0 atom stereocenters. The van der Waals surface area contributed by atoms with Crippen LogP contribution in [0.5, 0.6) is 0 Å². The van der Waals surface area contributed by atoms with Crippen LogP contribution in [0.15, 0.2) is 24.3 Å². The van der Waals surface area contributed by atoms with E-state index in [-0.39, 0.29) is 0 Å². The van der Waals surface area contributed by atoms with Crippen LogP contribution < -0.4 is 9.47 Å².